The average molecular weight is 429 g/mol. The van der Waals surface area contributed by atoms with Gasteiger partial charge in [-0.1, -0.05) is 18.2 Å². The zero-order valence-corrected chi connectivity index (χ0v) is 18.5. The van der Waals surface area contributed by atoms with Crippen LogP contribution in [0.1, 0.15) is 32.6 Å². The second kappa shape index (κ2) is 9.86. The Labute approximate surface area is 181 Å². The Morgan fingerprint density at radius 2 is 1.67 bits per heavy atom. The van der Waals surface area contributed by atoms with Gasteiger partial charge in [0.15, 0.2) is 0 Å². The molecule has 1 saturated heterocycles. The van der Waals surface area contributed by atoms with Gasteiger partial charge in [0.25, 0.3) is 5.91 Å². The number of piperazine rings is 1. The van der Waals surface area contributed by atoms with E-state index in [9.17, 15) is 14.4 Å². The fourth-order valence-corrected chi connectivity index (χ4v) is 4.37. The van der Waals surface area contributed by atoms with E-state index in [4.69, 9.17) is 0 Å². The Hall–Kier alpha value is -2.71. The summed E-state index contributed by atoms with van der Waals surface area (Å²) < 4.78 is 0. The highest BCUT2D eigenvalue weighted by atomic mass is 32.1. The molecule has 1 aliphatic rings. The second-order valence-corrected chi connectivity index (χ2v) is 8.73. The number of thiophene rings is 1. The van der Waals surface area contributed by atoms with E-state index in [2.05, 4.69) is 15.5 Å². The normalized spacial score (nSPS) is 14.4. The molecule has 160 valence electrons. The fraction of sp³-hybridized carbons (Fsp3) is 0.409. The Morgan fingerprint density at radius 1 is 1.00 bits per heavy atom. The average Bonchev–Trinajstić information content (AvgIpc) is 3.18. The lowest BCUT2D eigenvalue weighted by molar-refractivity contribution is -0.119. The molecule has 0 saturated carbocycles. The van der Waals surface area contributed by atoms with Crippen molar-refractivity contribution in [1.29, 1.82) is 0 Å². The molecule has 1 fully saturated rings. The molecule has 2 aromatic rings. The summed E-state index contributed by atoms with van der Waals surface area (Å²) in [7, 11) is 0. The van der Waals surface area contributed by atoms with Gasteiger partial charge >= 0.3 is 0 Å². The van der Waals surface area contributed by atoms with E-state index in [-0.39, 0.29) is 17.7 Å². The van der Waals surface area contributed by atoms with Gasteiger partial charge in [0, 0.05) is 43.7 Å². The summed E-state index contributed by atoms with van der Waals surface area (Å²) in [5.41, 5.74) is 2.98. The van der Waals surface area contributed by atoms with Crippen LogP contribution in [0.4, 0.5) is 5.69 Å². The first-order chi connectivity index (χ1) is 14.3. The second-order valence-electron chi connectivity index (χ2n) is 7.56. The van der Waals surface area contributed by atoms with Crippen LogP contribution in [-0.2, 0) is 16.1 Å². The molecule has 7 nitrogen and oxygen atoms in total. The maximum absolute atomic E-state index is 12.7. The molecule has 0 unspecified atom stereocenters. The number of rotatable bonds is 6. The van der Waals surface area contributed by atoms with Gasteiger partial charge in [0.2, 0.25) is 11.8 Å². The van der Waals surface area contributed by atoms with Gasteiger partial charge in [-0.05, 0) is 37.1 Å². The summed E-state index contributed by atoms with van der Waals surface area (Å²) in [6.45, 7) is 8.71. The van der Waals surface area contributed by atoms with Crippen molar-refractivity contribution in [3.8, 4) is 0 Å². The number of benzene rings is 1. The number of aryl methyl sites for hydroxylation is 2. The molecule has 0 radical (unpaired) electrons. The van der Waals surface area contributed by atoms with Crippen molar-refractivity contribution >= 4 is 34.7 Å². The largest absolute Gasteiger partial charge is 0.351 e. The van der Waals surface area contributed by atoms with E-state index in [1.54, 1.807) is 0 Å². The number of nitrogens with one attached hydrogen (secondary N) is 2. The maximum atomic E-state index is 12.7. The van der Waals surface area contributed by atoms with Crippen LogP contribution in [0, 0.1) is 13.8 Å². The minimum atomic E-state index is -0.0889. The Kier molecular flexibility index (Phi) is 7.23. The molecule has 1 aromatic heterocycles. The van der Waals surface area contributed by atoms with Crippen molar-refractivity contribution < 1.29 is 14.4 Å². The van der Waals surface area contributed by atoms with Crippen LogP contribution in [0.2, 0.25) is 0 Å². The van der Waals surface area contributed by atoms with E-state index >= 15 is 0 Å². The van der Waals surface area contributed by atoms with Crippen LogP contribution < -0.4 is 10.6 Å². The fourth-order valence-electron chi connectivity index (χ4n) is 3.46. The first-order valence-corrected chi connectivity index (χ1v) is 10.9. The Morgan fingerprint density at radius 3 is 2.30 bits per heavy atom. The number of carbonyl (C=O) groups is 3. The lowest BCUT2D eigenvalue weighted by atomic mass is 10.1. The monoisotopic (exact) mass is 428 g/mol. The molecule has 3 amide bonds. The van der Waals surface area contributed by atoms with Gasteiger partial charge in [-0.15, -0.1) is 11.3 Å². The molecule has 1 aliphatic heterocycles. The molecule has 0 bridgehead atoms. The predicted octanol–water partition coefficient (Wildman–Crippen LogP) is 2.40. The molecule has 30 heavy (non-hydrogen) atoms. The van der Waals surface area contributed by atoms with Gasteiger partial charge in [-0.25, -0.2) is 0 Å². The lowest BCUT2D eigenvalue weighted by Crippen LogP contribution is -2.50. The molecule has 3 rings (SSSR count). The van der Waals surface area contributed by atoms with Crippen LogP contribution in [0.5, 0.6) is 0 Å². The predicted molar refractivity (Wildman–Crippen MR) is 119 cm³/mol. The van der Waals surface area contributed by atoms with Gasteiger partial charge in [-0.3, -0.25) is 19.3 Å². The maximum Gasteiger partial charge on any atom is 0.264 e. The van der Waals surface area contributed by atoms with Crippen LogP contribution in [-0.4, -0.2) is 60.2 Å². The highest BCUT2D eigenvalue weighted by molar-refractivity contribution is 7.14. The minimum Gasteiger partial charge on any atom is -0.351 e. The summed E-state index contributed by atoms with van der Waals surface area (Å²) in [4.78, 5) is 41.8. The summed E-state index contributed by atoms with van der Waals surface area (Å²) >= 11 is 1.41. The van der Waals surface area contributed by atoms with Crippen LogP contribution in [0.15, 0.2) is 30.3 Å². The first kappa shape index (κ1) is 22.0. The molecule has 2 N–H and O–H groups in total. The molecular weight excluding hydrogens is 400 g/mol. The highest BCUT2D eigenvalue weighted by Gasteiger charge is 2.24. The molecule has 1 aromatic carbocycles. The number of para-hydroxylation sites is 1. The molecule has 0 atom stereocenters. The van der Waals surface area contributed by atoms with Crippen molar-refractivity contribution in [2.75, 3.05) is 38.0 Å². The Bertz CT molecular complexity index is 912. The topological polar surface area (TPSA) is 81.8 Å². The van der Waals surface area contributed by atoms with Gasteiger partial charge in [0.05, 0.1) is 18.0 Å². The van der Waals surface area contributed by atoms with Crippen molar-refractivity contribution in [3.63, 3.8) is 0 Å². The van der Waals surface area contributed by atoms with Crippen molar-refractivity contribution in [3.05, 3.63) is 51.2 Å². The van der Waals surface area contributed by atoms with E-state index in [0.717, 1.165) is 21.7 Å². The van der Waals surface area contributed by atoms with Gasteiger partial charge in [0.1, 0.15) is 0 Å². The smallest absolute Gasteiger partial charge is 0.264 e. The molecular formula is C22H28N4O3S. The van der Waals surface area contributed by atoms with Crippen LogP contribution in [0.25, 0.3) is 0 Å². The van der Waals surface area contributed by atoms with Crippen molar-refractivity contribution in [1.82, 2.24) is 15.1 Å². The third-order valence-corrected chi connectivity index (χ3v) is 6.23. The van der Waals surface area contributed by atoms with Gasteiger partial charge < -0.3 is 15.5 Å². The summed E-state index contributed by atoms with van der Waals surface area (Å²) in [5, 5.41) is 5.76. The number of hydrogen-bond acceptors (Lipinski definition) is 5. The molecule has 8 heteroatoms. The molecule has 0 spiro atoms. The van der Waals surface area contributed by atoms with Gasteiger partial charge in [-0.2, -0.15) is 0 Å². The number of anilines is 1. The van der Waals surface area contributed by atoms with E-state index in [1.165, 1.54) is 18.3 Å². The number of nitrogens with zero attached hydrogens (tertiary/aromatic N) is 2. The van der Waals surface area contributed by atoms with Crippen LogP contribution >= 0.6 is 11.3 Å². The summed E-state index contributed by atoms with van der Waals surface area (Å²) in [6, 6.07) is 9.64. The third kappa shape index (κ3) is 5.67. The molecule has 2 heterocycles. The zero-order chi connectivity index (χ0) is 21.7. The summed E-state index contributed by atoms with van der Waals surface area (Å²) in [5.74, 6) is -0.115. The highest BCUT2D eigenvalue weighted by Crippen LogP contribution is 2.20. The lowest BCUT2D eigenvalue weighted by Gasteiger charge is -2.34. The van der Waals surface area contributed by atoms with E-state index in [0.29, 0.717) is 44.1 Å². The Balaban J connectivity index is 1.48. The SMILES string of the molecule is CC(=O)NCc1ccc(C(=O)N2CCN(CC(=O)Nc3c(C)cccc3C)CC2)s1. The standard InChI is InChI=1S/C22H28N4O3S/c1-15-5-4-6-16(2)21(15)24-20(28)14-25-9-11-26(12-10-25)22(29)19-8-7-18(30-19)13-23-17(3)27/h4-8H,9-14H2,1-3H3,(H,23,27)(H,24,28). The first-order valence-electron chi connectivity index (χ1n) is 10.0. The number of amides is 3. The number of hydrogen-bond donors (Lipinski definition) is 2. The van der Waals surface area contributed by atoms with Crippen molar-refractivity contribution in [2.24, 2.45) is 0 Å². The van der Waals surface area contributed by atoms with E-state index < -0.39 is 0 Å². The quantitative estimate of drug-likeness (QED) is 0.740. The van der Waals surface area contributed by atoms with Crippen molar-refractivity contribution in [2.45, 2.75) is 27.3 Å². The number of carbonyl (C=O) groups excluding carboxylic acids is 3. The summed E-state index contributed by atoms with van der Waals surface area (Å²) in [6.07, 6.45) is 0. The molecule has 0 aliphatic carbocycles. The minimum absolute atomic E-state index is 0.00807. The zero-order valence-electron chi connectivity index (χ0n) is 17.7. The van der Waals surface area contributed by atoms with E-state index in [1.807, 2.05) is 49.1 Å². The van der Waals surface area contributed by atoms with Crippen LogP contribution in [0.3, 0.4) is 0 Å². The third-order valence-electron chi connectivity index (χ3n) is 5.16.